The first-order chi connectivity index (χ1) is 17.4. The van der Waals surface area contributed by atoms with Crippen molar-refractivity contribution >= 4 is 66.6 Å². The molecule has 0 bridgehead atoms. The fourth-order valence-corrected chi connectivity index (χ4v) is 7.39. The summed E-state index contributed by atoms with van der Waals surface area (Å²) in [6.07, 6.45) is 2.53. The Labute approximate surface area is 232 Å². The summed E-state index contributed by atoms with van der Waals surface area (Å²) in [6.45, 7) is 5.65. The van der Waals surface area contributed by atoms with Gasteiger partial charge in [0.2, 0.25) is 10.0 Å². The summed E-state index contributed by atoms with van der Waals surface area (Å²) in [5.74, 6) is -0.211. The van der Waals surface area contributed by atoms with Gasteiger partial charge in [-0.15, -0.1) is 12.4 Å². The molecule has 3 heterocycles. The van der Waals surface area contributed by atoms with Crippen molar-refractivity contribution < 1.29 is 17.9 Å². The number of ether oxygens (including phenoxy) is 1. The molecule has 12 heteroatoms. The van der Waals surface area contributed by atoms with E-state index in [0.717, 1.165) is 56.8 Å². The number of benzene rings is 2. The summed E-state index contributed by atoms with van der Waals surface area (Å²) in [4.78, 5) is 22.6. The lowest BCUT2D eigenvalue weighted by molar-refractivity contribution is 0.0376. The van der Waals surface area contributed by atoms with E-state index in [1.54, 1.807) is 23.1 Å². The lowest BCUT2D eigenvalue weighted by atomic mass is 10.2. The van der Waals surface area contributed by atoms with Gasteiger partial charge >= 0.3 is 0 Å². The molecule has 2 fully saturated rings. The summed E-state index contributed by atoms with van der Waals surface area (Å²) in [7, 11) is -3.53. The maximum absolute atomic E-state index is 13.7. The van der Waals surface area contributed by atoms with Gasteiger partial charge in [0.1, 0.15) is 5.52 Å². The van der Waals surface area contributed by atoms with Crippen LogP contribution in [0.5, 0.6) is 0 Å². The van der Waals surface area contributed by atoms with Crippen LogP contribution in [0.4, 0.5) is 5.13 Å². The Hall–Kier alpha value is -1.79. The normalized spacial score (nSPS) is 17.1. The second-order valence-corrected chi connectivity index (χ2v) is 12.3. The number of morpholine rings is 1. The molecule has 8 nitrogen and oxygen atoms in total. The van der Waals surface area contributed by atoms with Crippen molar-refractivity contribution in [3.8, 4) is 0 Å². The number of carbonyl (C=O) groups excluding carboxylic acids is 1. The first-order valence-electron chi connectivity index (χ1n) is 12.2. The highest BCUT2D eigenvalue weighted by Crippen LogP contribution is 2.33. The quantitative estimate of drug-likeness (QED) is 0.387. The van der Waals surface area contributed by atoms with Crippen molar-refractivity contribution in [1.29, 1.82) is 0 Å². The van der Waals surface area contributed by atoms with Crippen LogP contribution in [-0.2, 0) is 14.8 Å². The van der Waals surface area contributed by atoms with E-state index in [4.69, 9.17) is 16.3 Å². The van der Waals surface area contributed by atoms with E-state index < -0.39 is 10.0 Å². The molecule has 0 atom stereocenters. The Morgan fingerprint density at radius 3 is 2.43 bits per heavy atom. The zero-order valence-electron chi connectivity index (χ0n) is 20.3. The van der Waals surface area contributed by atoms with Crippen molar-refractivity contribution in [2.45, 2.75) is 24.2 Å². The average Bonchev–Trinajstić information content (AvgIpc) is 3.59. The van der Waals surface area contributed by atoms with Crippen LogP contribution in [0.2, 0.25) is 5.02 Å². The number of amides is 1. The number of anilines is 1. The van der Waals surface area contributed by atoms with Crippen LogP contribution in [0.3, 0.4) is 0 Å². The standard InChI is InChI=1S/C25H29ClN4O4S2.ClH/c26-21-5-3-6-22-23(21)27-25(35-22)30(14-4-11-28-15-17-34-18-16-28)24(31)19-7-9-20(10-8-19)36(32,33)29-12-1-2-13-29;/h3,5-10H,1-2,4,11-18H2;1H. The van der Waals surface area contributed by atoms with E-state index in [9.17, 15) is 13.2 Å². The smallest absolute Gasteiger partial charge is 0.260 e. The van der Waals surface area contributed by atoms with Gasteiger partial charge in [0.15, 0.2) is 5.13 Å². The first-order valence-corrected chi connectivity index (χ1v) is 14.8. The van der Waals surface area contributed by atoms with Crippen molar-refractivity contribution in [3.05, 3.63) is 53.1 Å². The van der Waals surface area contributed by atoms with Crippen LogP contribution in [-0.4, -0.2) is 81.0 Å². The second-order valence-electron chi connectivity index (χ2n) is 8.98. The molecule has 0 N–H and O–H groups in total. The number of para-hydroxylation sites is 1. The lowest BCUT2D eigenvalue weighted by Gasteiger charge is -2.27. The summed E-state index contributed by atoms with van der Waals surface area (Å²) in [5, 5.41) is 1.13. The molecule has 0 spiro atoms. The van der Waals surface area contributed by atoms with E-state index in [1.807, 2.05) is 12.1 Å². The number of hydrogen-bond donors (Lipinski definition) is 0. The maximum Gasteiger partial charge on any atom is 0.260 e. The molecule has 0 aliphatic carbocycles. The lowest BCUT2D eigenvalue weighted by Crippen LogP contribution is -2.39. The van der Waals surface area contributed by atoms with Gasteiger partial charge in [0.25, 0.3) is 5.91 Å². The molecular formula is C25H30Cl2N4O4S2. The maximum atomic E-state index is 13.7. The van der Waals surface area contributed by atoms with Crippen LogP contribution in [0.15, 0.2) is 47.4 Å². The van der Waals surface area contributed by atoms with E-state index in [-0.39, 0.29) is 23.2 Å². The minimum absolute atomic E-state index is 0. The third kappa shape index (κ3) is 6.27. The zero-order chi connectivity index (χ0) is 25.1. The number of aromatic nitrogens is 1. The van der Waals surface area contributed by atoms with Gasteiger partial charge in [0.05, 0.1) is 27.8 Å². The second kappa shape index (κ2) is 12.4. The summed E-state index contributed by atoms with van der Waals surface area (Å²) in [6, 6.07) is 11.9. The fraction of sp³-hybridized carbons (Fsp3) is 0.440. The number of thiazole rings is 1. The third-order valence-electron chi connectivity index (χ3n) is 6.60. The fourth-order valence-electron chi connectivity index (χ4n) is 4.58. The van der Waals surface area contributed by atoms with Crippen LogP contribution in [0.1, 0.15) is 29.6 Å². The molecule has 5 rings (SSSR count). The highest BCUT2D eigenvalue weighted by molar-refractivity contribution is 7.89. The Bertz CT molecular complexity index is 1320. The Morgan fingerprint density at radius 2 is 1.76 bits per heavy atom. The highest BCUT2D eigenvalue weighted by atomic mass is 35.5. The molecule has 0 radical (unpaired) electrons. The summed E-state index contributed by atoms with van der Waals surface area (Å²) < 4.78 is 33.6. The minimum Gasteiger partial charge on any atom is -0.379 e. The molecular weight excluding hydrogens is 555 g/mol. The SMILES string of the molecule is Cl.O=C(c1ccc(S(=O)(=O)N2CCCC2)cc1)N(CCCN1CCOCC1)c1nc2c(Cl)cccc2s1. The molecule has 0 unspecified atom stereocenters. The van der Waals surface area contributed by atoms with E-state index in [2.05, 4.69) is 9.88 Å². The monoisotopic (exact) mass is 584 g/mol. The predicted octanol–water partition coefficient (Wildman–Crippen LogP) is 4.53. The molecule has 1 amide bonds. The Kier molecular flexibility index (Phi) is 9.44. The average molecular weight is 586 g/mol. The number of nitrogens with zero attached hydrogens (tertiary/aromatic N) is 4. The number of hydrogen-bond acceptors (Lipinski definition) is 7. The molecule has 2 aliphatic heterocycles. The number of carbonyl (C=O) groups is 1. The van der Waals surface area contributed by atoms with E-state index in [0.29, 0.717) is 40.9 Å². The Balaban J connectivity index is 0.00000320. The van der Waals surface area contributed by atoms with E-state index in [1.165, 1.54) is 27.8 Å². The van der Waals surface area contributed by atoms with Crippen LogP contribution < -0.4 is 4.90 Å². The topological polar surface area (TPSA) is 83.1 Å². The van der Waals surface area contributed by atoms with Crippen LogP contribution >= 0.6 is 35.3 Å². The van der Waals surface area contributed by atoms with Crippen molar-refractivity contribution in [3.63, 3.8) is 0 Å². The molecule has 200 valence electrons. The number of rotatable bonds is 8. The molecule has 3 aromatic rings. The van der Waals surface area contributed by atoms with Gasteiger partial charge < -0.3 is 4.74 Å². The van der Waals surface area contributed by atoms with Crippen LogP contribution in [0, 0.1) is 0 Å². The minimum atomic E-state index is -3.53. The molecule has 2 saturated heterocycles. The third-order valence-corrected chi connectivity index (χ3v) is 9.86. The molecule has 1 aromatic heterocycles. The first kappa shape index (κ1) is 28.2. The van der Waals surface area contributed by atoms with Crippen molar-refractivity contribution in [1.82, 2.24) is 14.2 Å². The van der Waals surface area contributed by atoms with Crippen molar-refractivity contribution in [2.24, 2.45) is 0 Å². The molecule has 37 heavy (non-hydrogen) atoms. The molecule has 2 aliphatic rings. The molecule has 0 saturated carbocycles. The number of fused-ring (bicyclic) bond motifs is 1. The number of halogens is 2. The van der Waals surface area contributed by atoms with Gasteiger partial charge in [-0.1, -0.05) is 29.0 Å². The Morgan fingerprint density at radius 1 is 1.05 bits per heavy atom. The van der Waals surface area contributed by atoms with E-state index >= 15 is 0 Å². The van der Waals surface area contributed by atoms with Gasteiger partial charge in [0, 0.05) is 44.8 Å². The van der Waals surface area contributed by atoms with Crippen LogP contribution in [0.25, 0.3) is 10.2 Å². The van der Waals surface area contributed by atoms with Gasteiger partial charge in [-0.25, -0.2) is 13.4 Å². The summed E-state index contributed by atoms with van der Waals surface area (Å²) >= 11 is 7.78. The van der Waals surface area contributed by atoms with Gasteiger partial charge in [-0.05, 0) is 55.7 Å². The zero-order valence-corrected chi connectivity index (χ0v) is 23.5. The predicted molar refractivity (Wildman–Crippen MR) is 150 cm³/mol. The highest BCUT2D eigenvalue weighted by Gasteiger charge is 2.28. The van der Waals surface area contributed by atoms with Gasteiger partial charge in [-0.2, -0.15) is 4.31 Å². The van der Waals surface area contributed by atoms with Crippen molar-refractivity contribution in [2.75, 3.05) is 57.4 Å². The molecule has 2 aromatic carbocycles. The summed E-state index contributed by atoms with van der Waals surface area (Å²) in [5.41, 5.74) is 1.10. The number of sulfonamides is 1. The van der Waals surface area contributed by atoms with Gasteiger partial charge in [-0.3, -0.25) is 14.6 Å². The largest absolute Gasteiger partial charge is 0.379 e.